The normalized spacial score (nSPS) is 12.2. The molecule has 4 heteroatoms. The number of hydrogen-bond acceptors (Lipinski definition) is 2. The topological polar surface area (TPSA) is 41.0 Å². The maximum atomic E-state index is 9.30. The van der Waals surface area contributed by atoms with Crippen molar-refractivity contribution >= 4 is 23.3 Å². The van der Waals surface area contributed by atoms with E-state index in [1.54, 1.807) is 0 Å². The van der Waals surface area contributed by atoms with Gasteiger partial charge in [0.05, 0.1) is 11.0 Å². The molecule has 0 amide bonds. The lowest BCUT2D eigenvalue weighted by Crippen LogP contribution is -2.23. The highest BCUT2D eigenvalue weighted by molar-refractivity contribution is 7.71. The smallest absolute Gasteiger partial charge is 0.178 e. The van der Waals surface area contributed by atoms with Gasteiger partial charge < -0.3 is 14.7 Å². The second-order valence-corrected chi connectivity index (χ2v) is 5.24. The summed E-state index contributed by atoms with van der Waals surface area (Å²) in [5.41, 5.74) is 1.97. The molecule has 0 atom stereocenters. The number of aliphatic hydroxyl groups excluding tert-OH is 1. The van der Waals surface area contributed by atoms with Crippen molar-refractivity contribution in [2.75, 3.05) is 6.61 Å². The zero-order valence-electron chi connectivity index (χ0n) is 9.53. The lowest BCUT2D eigenvalue weighted by atomic mass is 9.95. The SMILES string of the molecule is CC(C)(CO)Cn1c(=S)[nH]c2ccccc21. The molecule has 0 aliphatic rings. The standard InChI is InChI=1S/C12H16N2OS/c1-12(2,8-15)7-14-10-6-4-3-5-9(10)13-11(14)16/h3-6,15H,7-8H2,1-2H3,(H,13,16). The van der Waals surface area contributed by atoms with Gasteiger partial charge in [-0.25, -0.2) is 0 Å². The molecule has 0 aliphatic heterocycles. The first kappa shape index (κ1) is 11.4. The number of fused-ring (bicyclic) bond motifs is 1. The fraction of sp³-hybridized carbons (Fsp3) is 0.417. The molecule has 1 heterocycles. The number of benzene rings is 1. The van der Waals surface area contributed by atoms with Crippen molar-refractivity contribution < 1.29 is 5.11 Å². The van der Waals surface area contributed by atoms with E-state index < -0.39 is 0 Å². The average Bonchev–Trinajstić information content (AvgIpc) is 2.56. The molecule has 2 aromatic rings. The summed E-state index contributed by atoms with van der Waals surface area (Å²) in [6, 6.07) is 8.02. The van der Waals surface area contributed by atoms with Gasteiger partial charge in [-0.15, -0.1) is 0 Å². The van der Waals surface area contributed by atoms with Crippen LogP contribution in [0.15, 0.2) is 24.3 Å². The summed E-state index contributed by atoms with van der Waals surface area (Å²) >= 11 is 5.29. The van der Waals surface area contributed by atoms with Gasteiger partial charge in [-0.3, -0.25) is 0 Å². The Hall–Kier alpha value is -1.13. The van der Waals surface area contributed by atoms with Crippen molar-refractivity contribution in [1.29, 1.82) is 0 Å². The Morgan fingerprint density at radius 2 is 2.06 bits per heavy atom. The summed E-state index contributed by atoms with van der Waals surface area (Å²) in [7, 11) is 0. The van der Waals surface area contributed by atoms with Crippen molar-refractivity contribution in [2.24, 2.45) is 5.41 Å². The molecule has 0 unspecified atom stereocenters. The van der Waals surface area contributed by atoms with Gasteiger partial charge >= 0.3 is 0 Å². The molecule has 0 saturated carbocycles. The van der Waals surface area contributed by atoms with Crippen LogP contribution in [-0.2, 0) is 6.54 Å². The van der Waals surface area contributed by atoms with E-state index in [1.165, 1.54) is 0 Å². The van der Waals surface area contributed by atoms with E-state index in [4.69, 9.17) is 12.2 Å². The molecule has 0 aliphatic carbocycles. The number of nitrogens with one attached hydrogen (secondary N) is 1. The molecule has 0 fully saturated rings. The molecule has 2 N–H and O–H groups in total. The summed E-state index contributed by atoms with van der Waals surface area (Å²) in [6.07, 6.45) is 0. The van der Waals surface area contributed by atoms with Gasteiger partial charge in [0.1, 0.15) is 0 Å². The average molecular weight is 236 g/mol. The number of imidazole rings is 1. The van der Waals surface area contributed by atoms with Gasteiger partial charge in [-0.1, -0.05) is 26.0 Å². The first-order valence-electron chi connectivity index (χ1n) is 5.32. The first-order chi connectivity index (χ1) is 7.53. The predicted octanol–water partition coefficient (Wildman–Crippen LogP) is 2.72. The van der Waals surface area contributed by atoms with E-state index in [0.717, 1.165) is 11.0 Å². The fourth-order valence-corrected chi connectivity index (χ4v) is 2.01. The van der Waals surface area contributed by atoms with E-state index >= 15 is 0 Å². The van der Waals surface area contributed by atoms with Gasteiger partial charge in [-0.05, 0) is 24.4 Å². The largest absolute Gasteiger partial charge is 0.396 e. The minimum absolute atomic E-state index is 0.147. The summed E-state index contributed by atoms with van der Waals surface area (Å²) in [4.78, 5) is 3.17. The Balaban J connectivity index is 2.52. The summed E-state index contributed by atoms with van der Waals surface area (Å²) in [5.74, 6) is 0. The molecule has 16 heavy (non-hydrogen) atoms. The molecule has 2 rings (SSSR count). The van der Waals surface area contributed by atoms with E-state index in [2.05, 4.69) is 4.98 Å². The Bertz CT molecular complexity index is 553. The molecule has 3 nitrogen and oxygen atoms in total. The lowest BCUT2D eigenvalue weighted by molar-refractivity contribution is 0.141. The first-order valence-corrected chi connectivity index (χ1v) is 5.73. The van der Waals surface area contributed by atoms with Crippen molar-refractivity contribution in [3.63, 3.8) is 0 Å². The van der Waals surface area contributed by atoms with Gasteiger partial charge in [0, 0.05) is 18.6 Å². The van der Waals surface area contributed by atoms with Crippen LogP contribution in [0.4, 0.5) is 0 Å². The van der Waals surface area contributed by atoms with Crippen LogP contribution < -0.4 is 0 Å². The third-order valence-electron chi connectivity index (χ3n) is 2.70. The van der Waals surface area contributed by atoms with Crippen molar-refractivity contribution in [1.82, 2.24) is 9.55 Å². The van der Waals surface area contributed by atoms with Crippen LogP contribution in [0.25, 0.3) is 11.0 Å². The van der Waals surface area contributed by atoms with E-state index in [1.807, 2.05) is 42.7 Å². The summed E-state index contributed by atoms with van der Waals surface area (Å²) < 4.78 is 2.75. The van der Waals surface area contributed by atoms with Gasteiger partial charge in [-0.2, -0.15) is 0 Å². The number of aromatic nitrogens is 2. The number of aromatic amines is 1. The summed E-state index contributed by atoms with van der Waals surface area (Å²) in [6.45, 7) is 4.91. The number of para-hydroxylation sites is 2. The van der Waals surface area contributed by atoms with Crippen molar-refractivity contribution in [3.05, 3.63) is 29.0 Å². The molecule has 86 valence electrons. The molecule has 1 aromatic carbocycles. The molecular formula is C12H16N2OS. The highest BCUT2D eigenvalue weighted by Gasteiger charge is 2.18. The Kier molecular flexibility index (Phi) is 2.86. The van der Waals surface area contributed by atoms with E-state index in [0.29, 0.717) is 11.3 Å². The molecular weight excluding hydrogens is 220 g/mol. The van der Waals surface area contributed by atoms with E-state index in [9.17, 15) is 5.11 Å². The minimum atomic E-state index is -0.164. The second-order valence-electron chi connectivity index (χ2n) is 4.86. The third kappa shape index (κ3) is 2.03. The van der Waals surface area contributed by atoms with Gasteiger partial charge in [0.15, 0.2) is 4.77 Å². The van der Waals surface area contributed by atoms with Crippen LogP contribution in [-0.4, -0.2) is 21.3 Å². The number of nitrogens with zero attached hydrogens (tertiary/aromatic N) is 1. The zero-order chi connectivity index (χ0) is 11.8. The maximum Gasteiger partial charge on any atom is 0.178 e. The highest BCUT2D eigenvalue weighted by Crippen LogP contribution is 2.21. The van der Waals surface area contributed by atoms with Crippen LogP contribution in [0.2, 0.25) is 0 Å². The van der Waals surface area contributed by atoms with Crippen LogP contribution in [0.3, 0.4) is 0 Å². The predicted molar refractivity (Wildman–Crippen MR) is 68.0 cm³/mol. The molecule has 0 radical (unpaired) electrons. The minimum Gasteiger partial charge on any atom is -0.396 e. The Morgan fingerprint density at radius 1 is 1.38 bits per heavy atom. The monoisotopic (exact) mass is 236 g/mol. The molecule has 0 saturated heterocycles. The van der Waals surface area contributed by atoms with E-state index in [-0.39, 0.29) is 12.0 Å². The Labute approximate surface area is 99.7 Å². The second kappa shape index (κ2) is 4.03. The highest BCUT2D eigenvalue weighted by atomic mass is 32.1. The maximum absolute atomic E-state index is 9.30. The Morgan fingerprint density at radius 3 is 2.75 bits per heavy atom. The number of aliphatic hydroxyl groups is 1. The lowest BCUT2D eigenvalue weighted by Gasteiger charge is -2.22. The zero-order valence-corrected chi connectivity index (χ0v) is 10.3. The number of hydrogen-bond donors (Lipinski definition) is 2. The number of H-pyrrole nitrogens is 1. The van der Waals surface area contributed by atoms with Crippen LogP contribution in [0.1, 0.15) is 13.8 Å². The fourth-order valence-electron chi connectivity index (χ4n) is 1.74. The quantitative estimate of drug-likeness (QED) is 0.804. The van der Waals surface area contributed by atoms with Gasteiger partial charge in [0.2, 0.25) is 0 Å². The molecule has 1 aromatic heterocycles. The van der Waals surface area contributed by atoms with Crippen LogP contribution in [0.5, 0.6) is 0 Å². The van der Waals surface area contributed by atoms with Crippen molar-refractivity contribution in [2.45, 2.75) is 20.4 Å². The van der Waals surface area contributed by atoms with Crippen LogP contribution in [0, 0.1) is 10.2 Å². The third-order valence-corrected chi connectivity index (χ3v) is 3.02. The van der Waals surface area contributed by atoms with Crippen molar-refractivity contribution in [3.8, 4) is 0 Å². The van der Waals surface area contributed by atoms with Crippen LogP contribution >= 0.6 is 12.2 Å². The van der Waals surface area contributed by atoms with Gasteiger partial charge in [0.25, 0.3) is 0 Å². The number of rotatable bonds is 3. The summed E-state index contributed by atoms with van der Waals surface area (Å²) in [5, 5.41) is 9.30. The molecule has 0 bridgehead atoms. The molecule has 0 spiro atoms.